The number of hydrogen-bond donors (Lipinski definition) is 0. The van der Waals surface area contributed by atoms with Gasteiger partial charge in [-0.25, -0.2) is 0 Å². The average Bonchev–Trinajstić information content (AvgIpc) is 2.61. The molecule has 3 fully saturated rings. The van der Waals surface area contributed by atoms with Gasteiger partial charge in [0.25, 0.3) is 0 Å². The molecule has 3 nitrogen and oxygen atoms in total. The summed E-state index contributed by atoms with van der Waals surface area (Å²) in [6, 6.07) is 2.41. The average molecular weight is 348 g/mol. The summed E-state index contributed by atoms with van der Waals surface area (Å²) in [6.07, 6.45) is 9.24. The van der Waals surface area contributed by atoms with Gasteiger partial charge in [-0.1, -0.05) is 32.4 Å². The van der Waals surface area contributed by atoms with Crippen molar-refractivity contribution in [2.24, 2.45) is 5.92 Å². The molecule has 3 heteroatoms. The van der Waals surface area contributed by atoms with E-state index in [1.54, 1.807) is 0 Å². The van der Waals surface area contributed by atoms with Crippen LogP contribution in [0, 0.1) is 5.92 Å². The minimum atomic E-state index is 0.678. The molecule has 144 valence electrons. The molecule has 0 aromatic rings. The fourth-order valence-corrected chi connectivity index (χ4v) is 5.17. The summed E-state index contributed by atoms with van der Waals surface area (Å²) in [5.41, 5.74) is 1.41. The highest BCUT2D eigenvalue weighted by atomic mass is 15.3. The number of rotatable bonds is 7. The van der Waals surface area contributed by atoms with Crippen molar-refractivity contribution in [3.8, 4) is 0 Å². The SMILES string of the molecule is C=C(CC)CC(C)N1CCC(N2CCC(N3CC(CC)C3)CC2)CC1. The zero-order chi connectivity index (χ0) is 17.8. The van der Waals surface area contributed by atoms with E-state index in [1.807, 2.05) is 0 Å². The molecule has 3 aliphatic rings. The molecule has 0 saturated carbocycles. The summed E-state index contributed by atoms with van der Waals surface area (Å²) in [7, 11) is 0. The molecule has 3 aliphatic heterocycles. The molecule has 0 aromatic heterocycles. The van der Waals surface area contributed by atoms with E-state index in [2.05, 4.69) is 42.0 Å². The van der Waals surface area contributed by atoms with Gasteiger partial charge in [0.2, 0.25) is 0 Å². The first-order valence-corrected chi connectivity index (χ1v) is 11.0. The molecule has 3 saturated heterocycles. The molecule has 1 unspecified atom stereocenters. The second-order valence-electron chi connectivity index (χ2n) is 8.92. The highest BCUT2D eigenvalue weighted by Crippen LogP contribution is 2.29. The van der Waals surface area contributed by atoms with Gasteiger partial charge in [-0.15, -0.1) is 0 Å². The van der Waals surface area contributed by atoms with Crippen LogP contribution in [0.15, 0.2) is 12.2 Å². The minimum absolute atomic E-state index is 0.678. The molecule has 0 radical (unpaired) electrons. The van der Waals surface area contributed by atoms with Gasteiger partial charge >= 0.3 is 0 Å². The second kappa shape index (κ2) is 9.01. The van der Waals surface area contributed by atoms with E-state index in [-0.39, 0.29) is 0 Å². The summed E-state index contributed by atoms with van der Waals surface area (Å²) in [6.45, 7) is 19.2. The zero-order valence-corrected chi connectivity index (χ0v) is 17.1. The van der Waals surface area contributed by atoms with Gasteiger partial charge in [0, 0.05) is 31.2 Å². The van der Waals surface area contributed by atoms with Crippen molar-refractivity contribution >= 4 is 0 Å². The third kappa shape index (κ3) is 4.87. The number of nitrogens with zero attached hydrogens (tertiary/aromatic N) is 3. The van der Waals surface area contributed by atoms with Gasteiger partial charge in [0.15, 0.2) is 0 Å². The number of likely N-dealkylation sites (tertiary alicyclic amines) is 3. The molecule has 0 aliphatic carbocycles. The maximum absolute atomic E-state index is 4.20. The van der Waals surface area contributed by atoms with E-state index in [1.165, 1.54) is 83.4 Å². The lowest BCUT2D eigenvalue weighted by Gasteiger charge is -2.49. The quantitative estimate of drug-likeness (QED) is 0.645. The first-order chi connectivity index (χ1) is 12.1. The molecule has 0 N–H and O–H groups in total. The summed E-state index contributed by atoms with van der Waals surface area (Å²) in [4.78, 5) is 8.28. The predicted molar refractivity (Wildman–Crippen MR) is 108 cm³/mol. The third-order valence-corrected chi connectivity index (χ3v) is 7.30. The van der Waals surface area contributed by atoms with Gasteiger partial charge in [-0.05, 0) is 77.5 Å². The van der Waals surface area contributed by atoms with Crippen LogP contribution in [-0.4, -0.2) is 72.1 Å². The summed E-state index contributed by atoms with van der Waals surface area (Å²) in [5, 5.41) is 0. The van der Waals surface area contributed by atoms with E-state index in [4.69, 9.17) is 0 Å². The molecule has 0 bridgehead atoms. The molecular weight excluding hydrogens is 306 g/mol. The topological polar surface area (TPSA) is 9.72 Å². The van der Waals surface area contributed by atoms with Gasteiger partial charge in [-0.2, -0.15) is 0 Å². The summed E-state index contributed by atoms with van der Waals surface area (Å²) < 4.78 is 0. The summed E-state index contributed by atoms with van der Waals surface area (Å²) >= 11 is 0. The Bertz CT molecular complexity index is 413. The van der Waals surface area contributed by atoms with Crippen molar-refractivity contribution in [3.05, 3.63) is 12.2 Å². The van der Waals surface area contributed by atoms with Crippen LogP contribution in [0.1, 0.15) is 65.7 Å². The van der Waals surface area contributed by atoms with Gasteiger partial charge in [0.05, 0.1) is 0 Å². The summed E-state index contributed by atoms with van der Waals surface area (Å²) in [5.74, 6) is 0.994. The van der Waals surface area contributed by atoms with Crippen LogP contribution in [0.2, 0.25) is 0 Å². The van der Waals surface area contributed by atoms with Gasteiger partial charge < -0.3 is 9.80 Å². The Morgan fingerprint density at radius 3 is 2.04 bits per heavy atom. The van der Waals surface area contributed by atoms with Crippen molar-refractivity contribution in [2.45, 2.75) is 83.8 Å². The van der Waals surface area contributed by atoms with E-state index in [0.29, 0.717) is 6.04 Å². The number of piperidine rings is 2. The Morgan fingerprint density at radius 1 is 0.920 bits per heavy atom. The smallest absolute Gasteiger partial charge is 0.0120 e. The lowest BCUT2D eigenvalue weighted by molar-refractivity contribution is 0.000912. The normalized spacial score (nSPS) is 27.3. The molecule has 0 aromatic carbocycles. The Balaban J connectivity index is 1.36. The minimum Gasteiger partial charge on any atom is -0.300 e. The maximum atomic E-state index is 4.20. The molecule has 3 rings (SSSR count). The monoisotopic (exact) mass is 347 g/mol. The first kappa shape index (κ1) is 19.4. The van der Waals surface area contributed by atoms with Gasteiger partial charge in [-0.3, -0.25) is 4.90 Å². The van der Waals surface area contributed by atoms with Crippen LogP contribution in [0.25, 0.3) is 0 Å². The zero-order valence-electron chi connectivity index (χ0n) is 17.1. The fraction of sp³-hybridized carbons (Fsp3) is 0.909. The van der Waals surface area contributed by atoms with Crippen molar-refractivity contribution in [1.82, 2.24) is 14.7 Å². The molecule has 0 spiro atoms. The van der Waals surface area contributed by atoms with Gasteiger partial charge in [0.1, 0.15) is 0 Å². The highest BCUT2D eigenvalue weighted by molar-refractivity contribution is 4.97. The van der Waals surface area contributed by atoms with Crippen molar-refractivity contribution in [2.75, 3.05) is 39.3 Å². The maximum Gasteiger partial charge on any atom is 0.0120 e. The van der Waals surface area contributed by atoms with E-state index in [9.17, 15) is 0 Å². The highest BCUT2D eigenvalue weighted by Gasteiger charge is 2.35. The van der Waals surface area contributed by atoms with Crippen molar-refractivity contribution < 1.29 is 0 Å². The third-order valence-electron chi connectivity index (χ3n) is 7.30. The standard InChI is InChI=1S/C22H41N3/c1-5-18(3)15-19(4)23-11-7-21(8-12-23)24-13-9-22(10-14-24)25-16-20(6-2)17-25/h19-22H,3,5-17H2,1-2,4H3. The van der Waals surface area contributed by atoms with E-state index >= 15 is 0 Å². The van der Waals surface area contributed by atoms with Crippen LogP contribution in [-0.2, 0) is 0 Å². The Hall–Kier alpha value is -0.380. The Labute approximate surface area is 156 Å². The Morgan fingerprint density at radius 2 is 1.48 bits per heavy atom. The van der Waals surface area contributed by atoms with Crippen LogP contribution in [0.4, 0.5) is 0 Å². The molecule has 1 atom stereocenters. The Kier molecular flexibility index (Phi) is 6.99. The van der Waals surface area contributed by atoms with Crippen molar-refractivity contribution in [3.63, 3.8) is 0 Å². The molecular formula is C22H41N3. The van der Waals surface area contributed by atoms with Crippen LogP contribution in [0.3, 0.4) is 0 Å². The van der Waals surface area contributed by atoms with Crippen LogP contribution < -0.4 is 0 Å². The van der Waals surface area contributed by atoms with Crippen LogP contribution >= 0.6 is 0 Å². The molecule has 3 heterocycles. The van der Waals surface area contributed by atoms with Crippen LogP contribution in [0.5, 0.6) is 0 Å². The molecule has 0 amide bonds. The lowest BCUT2D eigenvalue weighted by atomic mass is 9.90. The molecule has 25 heavy (non-hydrogen) atoms. The van der Waals surface area contributed by atoms with E-state index in [0.717, 1.165) is 24.4 Å². The van der Waals surface area contributed by atoms with E-state index < -0.39 is 0 Å². The predicted octanol–water partition coefficient (Wildman–Crippen LogP) is 4.00. The first-order valence-electron chi connectivity index (χ1n) is 11.0. The second-order valence-corrected chi connectivity index (χ2v) is 8.92. The fourth-order valence-electron chi connectivity index (χ4n) is 5.17. The number of hydrogen-bond acceptors (Lipinski definition) is 3. The lowest BCUT2D eigenvalue weighted by Crippen LogP contribution is -2.56. The van der Waals surface area contributed by atoms with Crippen molar-refractivity contribution in [1.29, 1.82) is 0 Å². The largest absolute Gasteiger partial charge is 0.300 e.